The minimum Gasteiger partial charge on any atom is -0.396 e. The zero-order valence-electron chi connectivity index (χ0n) is 12.8. The number of benzene rings is 1. The van der Waals surface area contributed by atoms with Crippen LogP contribution < -0.4 is 0 Å². The van der Waals surface area contributed by atoms with E-state index in [1.165, 1.54) is 17.5 Å². The SMILES string of the molecule is CN(C(=O)c1ccc2c(c1)CCC2)C1CCC(CO)CC1. The molecule has 3 rings (SSSR count). The maximum atomic E-state index is 12.7. The third-order valence-electron chi connectivity index (χ3n) is 5.29. The molecule has 0 spiro atoms. The third kappa shape index (κ3) is 2.98. The molecule has 0 atom stereocenters. The standard InChI is InChI=1S/C18H25NO2/c1-19(17-9-5-13(12-20)6-10-17)18(21)16-8-7-14-3-2-4-15(14)11-16/h7-8,11,13,17,20H,2-6,9-10,12H2,1H3. The highest BCUT2D eigenvalue weighted by molar-refractivity contribution is 5.94. The Bertz CT molecular complexity index is 518. The van der Waals surface area contributed by atoms with Crippen molar-refractivity contribution in [2.75, 3.05) is 13.7 Å². The molecule has 0 bridgehead atoms. The normalized spacial score (nSPS) is 24.7. The summed E-state index contributed by atoms with van der Waals surface area (Å²) in [6, 6.07) is 6.54. The van der Waals surface area contributed by atoms with Gasteiger partial charge in [-0.1, -0.05) is 6.07 Å². The second kappa shape index (κ2) is 6.18. The minimum absolute atomic E-state index is 0.150. The molecule has 0 heterocycles. The summed E-state index contributed by atoms with van der Waals surface area (Å²) < 4.78 is 0. The molecule has 2 aliphatic carbocycles. The molecule has 1 amide bonds. The molecule has 0 aliphatic heterocycles. The van der Waals surface area contributed by atoms with Gasteiger partial charge in [-0.15, -0.1) is 0 Å². The monoisotopic (exact) mass is 287 g/mol. The summed E-state index contributed by atoms with van der Waals surface area (Å²) in [6.07, 6.45) is 7.57. The lowest BCUT2D eigenvalue weighted by Crippen LogP contribution is -2.39. The van der Waals surface area contributed by atoms with Crippen molar-refractivity contribution in [1.29, 1.82) is 0 Å². The van der Waals surface area contributed by atoms with Crippen LogP contribution in [0.1, 0.15) is 53.6 Å². The molecule has 3 nitrogen and oxygen atoms in total. The lowest BCUT2D eigenvalue weighted by molar-refractivity contribution is 0.0652. The fourth-order valence-electron chi connectivity index (χ4n) is 3.79. The lowest BCUT2D eigenvalue weighted by atomic mass is 9.86. The fraction of sp³-hybridized carbons (Fsp3) is 0.611. The Kier molecular flexibility index (Phi) is 4.29. The van der Waals surface area contributed by atoms with Crippen LogP contribution in [-0.4, -0.2) is 35.6 Å². The van der Waals surface area contributed by atoms with Gasteiger partial charge in [-0.3, -0.25) is 4.79 Å². The summed E-state index contributed by atoms with van der Waals surface area (Å²) in [6.45, 7) is 0.287. The molecule has 114 valence electrons. The van der Waals surface area contributed by atoms with Crippen molar-refractivity contribution >= 4 is 5.91 Å². The average molecular weight is 287 g/mol. The predicted molar refractivity (Wildman–Crippen MR) is 83.4 cm³/mol. The molecule has 1 aromatic rings. The van der Waals surface area contributed by atoms with E-state index in [0.717, 1.165) is 44.1 Å². The summed E-state index contributed by atoms with van der Waals surface area (Å²) in [4.78, 5) is 14.6. The van der Waals surface area contributed by atoms with Gasteiger partial charge in [0.25, 0.3) is 5.91 Å². The number of nitrogens with zero attached hydrogens (tertiary/aromatic N) is 1. The number of aliphatic hydroxyl groups is 1. The van der Waals surface area contributed by atoms with Gasteiger partial charge >= 0.3 is 0 Å². The van der Waals surface area contributed by atoms with Gasteiger partial charge in [0.05, 0.1) is 0 Å². The van der Waals surface area contributed by atoms with E-state index in [1.54, 1.807) is 0 Å². The Labute approximate surface area is 127 Å². The number of fused-ring (bicyclic) bond motifs is 1. The highest BCUT2D eigenvalue weighted by Gasteiger charge is 2.27. The molecule has 0 aromatic heterocycles. The maximum absolute atomic E-state index is 12.7. The van der Waals surface area contributed by atoms with Crippen molar-refractivity contribution in [3.05, 3.63) is 34.9 Å². The average Bonchev–Trinajstić information content (AvgIpc) is 3.01. The van der Waals surface area contributed by atoms with Crippen LogP contribution in [0.4, 0.5) is 0 Å². The van der Waals surface area contributed by atoms with E-state index in [1.807, 2.05) is 18.0 Å². The van der Waals surface area contributed by atoms with Gasteiger partial charge in [0.1, 0.15) is 0 Å². The van der Waals surface area contributed by atoms with Crippen LogP contribution in [-0.2, 0) is 12.8 Å². The summed E-state index contributed by atoms with van der Waals surface area (Å²) in [5.74, 6) is 0.585. The Morgan fingerprint density at radius 1 is 1.19 bits per heavy atom. The first-order valence-corrected chi connectivity index (χ1v) is 8.19. The highest BCUT2D eigenvalue weighted by Crippen LogP contribution is 2.28. The number of carbonyl (C=O) groups is 1. The Balaban J connectivity index is 1.67. The summed E-state index contributed by atoms with van der Waals surface area (Å²) in [7, 11) is 1.93. The zero-order valence-corrected chi connectivity index (χ0v) is 12.8. The van der Waals surface area contributed by atoms with Crippen molar-refractivity contribution in [2.24, 2.45) is 5.92 Å². The maximum Gasteiger partial charge on any atom is 0.253 e. The van der Waals surface area contributed by atoms with E-state index in [4.69, 9.17) is 0 Å². The summed E-state index contributed by atoms with van der Waals surface area (Å²) in [5.41, 5.74) is 3.61. The van der Waals surface area contributed by atoms with Crippen LogP contribution in [0.5, 0.6) is 0 Å². The topological polar surface area (TPSA) is 40.5 Å². The first-order valence-electron chi connectivity index (χ1n) is 8.19. The largest absolute Gasteiger partial charge is 0.396 e. The van der Waals surface area contributed by atoms with Gasteiger partial charge in [-0.05, 0) is 74.1 Å². The van der Waals surface area contributed by atoms with Gasteiger partial charge in [0, 0.05) is 25.3 Å². The van der Waals surface area contributed by atoms with Gasteiger partial charge in [0.2, 0.25) is 0 Å². The van der Waals surface area contributed by atoms with Crippen LogP contribution in [0.2, 0.25) is 0 Å². The van der Waals surface area contributed by atoms with Crippen molar-refractivity contribution in [3.63, 3.8) is 0 Å². The molecule has 1 N–H and O–H groups in total. The molecule has 0 unspecified atom stereocenters. The number of carbonyl (C=O) groups excluding carboxylic acids is 1. The quantitative estimate of drug-likeness (QED) is 0.928. The Morgan fingerprint density at radius 2 is 1.90 bits per heavy atom. The van der Waals surface area contributed by atoms with Gasteiger partial charge < -0.3 is 10.0 Å². The number of rotatable bonds is 3. The Hall–Kier alpha value is -1.35. The van der Waals surface area contributed by atoms with Crippen molar-refractivity contribution in [3.8, 4) is 0 Å². The summed E-state index contributed by atoms with van der Waals surface area (Å²) >= 11 is 0. The first kappa shape index (κ1) is 14.6. The van der Waals surface area contributed by atoms with E-state index in [-0.39, 0.29) is 12.5 Å². The molecular weight excluding hydrogens is 262 g/mol. The van der Waals surface area contributed by atoms with E-state index >= 15 is 0 Å². The van der Waals surface area contributed by atoms with Gasteiger partial charge in [-0.2, -0.15) is 0 Å². The lowest BCUT2D eigenvalue weighted by Gasteiger charge is -2.34. The minimum atomic E-state index is 0.150. The van der Waals surface area contributed by atoms with E-state index in [0.29, 0.717) is 12.0 Å². The number of hydrogen-bond acceptors (Lipinski definition) is 2. The molecular formula is C18H25NO2. The number of aryl methyl sites for hydroxylation is 2. The second-order valence-corrected chi connectivity index (χ2v) is 6.61. The van der Waals surface area contributed by atoms with E-state index in [9.17, 15) is 9.90 Å². The third-order valence-corrected chi connectivity index (χ3v) is 5.29. The fourth-order valence-corrected chi connectivity index (χ4v) is 3.79. The second-order valence-electron chi connectivity index (χ2n) is 6.61. The van der Waals surface area contributed by atoms with Gasteiger partial charge in [0.15, 0.2) is 0 Å². The molecule has 21 heavy (non-hydrogen) atoms. The van der Waals surface area contributed by atoms with E-state index in [2.05, 4.69) is 12.1 Å². The van der Waals surface area contributed by atoms with Crippen LogP contribution in [0, 0.1) is 5.92 Å². The number of amides is 1. The smallest absolute Gasteiger partial charge is 0.253 e. The first-order chi connectivity index (χ1) is 10.2. The highest BCUT2D eigenvalue weighted by atomic mass is 16.3. The molecule has 1 saturated carbocycles. The Morgan fingerprint density at radius 3 is 2.62 bits per heavy atom. The van der Waals surface area contributed by atoms with Crippen LogP contribution in [0.25, 0.3) is 0 Å². The molecule has 1 fully saturated rings. The van der Waals surface area contributed by atoms with Crippen molar-refractivity contribution in [2.45, 2.75) is 51.0 Å². The molecule has 0 saturated heterocycles. The number of hydrogen-bond donors (Lipinski definition) is 1. The predicted octanol–water partition coefficient (Wildman–Crippen LogP) is 2.80. The van der Waals surface area contributed by atoms with Crippen LogP contribution in [0.15, 0.2) is 18.2 Å². The van der Waals surface area contributed by atoms with Crippen molar-refractivity contribution < 1.29 is 9.90 Å². The van der Waals surface area contributed by atoms with E-state index < -0.39 is 0 Å². The van der Waals surface area contributed by atoms with Crippen molar-refractivity contribution in [1.82, 2.24) is 4.90 Å². The molecule has 1 aromatic carbocycles. The van der Waals surface area contributed by atoms with Crippen LogP contribution in [0.3, 0.4) is 0 Å². The van der Waals surface area contributed by atoms with Gasteiger partial charge in [-0.25, -0.2) is 0 Å². The summed E-state index contributed by atoms with van der Waals surface area (Å²) in [5, 5.41) is 9.21. The zero-order chi connectivity index (χ0) is 14.8. The molecule has 3 heteroatoms. The molecule has 2 aliphatic rings. The van der Waals surface area contributed by atoms with Crippen LogP contribution >= 0.6 is 0 Å². The molecule has 0 radical (unpaired) electrons. The number of aliphatic hydroxyl groups excluding tert-OH is 1.